The number of aliphatic carboxylic acids is 2. The molecule has 6 heteroatoms. The van der Waals surface area contributed by atoms with Crippen molar-refractivity contribution in [3.8, 4) is 5.75 Å². The Balaban J connectivity index is 1.84. The Morgan fingerprint density at radius 1 is 0.889 bits per heavy atom. The van der Waals surface area contributed by atoms with E-state index in [1.807, 2.05) is 30.3 Å². The Kier molecular flexibility index (Phi) is 7.82. The van der Waals surface area contributed by atoms with Gasteiger partial charge in [0.15, 0.2) is 0 Å². The highest BCUT2D eigenvalue weighted by Crippen LogP contribution is 2.18. The maximum atomic E-state index is 11.0. The molecule has 0 saturated heterocycles. The van der Waals surface area contributed by atoms with Crippen LogP contribution in [0.5, 0.6) is 5.75 Å². The van der Waals surface area contributed by atoms with Gasteiger partial charge >= 0.3 is 11.9 Å². The number of carbonyl (C=O) groups is 2. The predicted octanol–water partition coefficient (Wildman–Crippen LogP) is 2.89. The molecule has 2 aromatic rings. The van der Waals surface area contributed by atoms with Crippen LogP contribution < -0.4 is 10.5 Å². The Hall–Kier alpha value is -2.86. The number of nitrogens with two attached hydrogens (primary N) is 1. The van der Waals surface area contributed by atoms with Crippen molar-refractivity contribution in [3.05, 3.63) is 65.7 Å². The number of carboxylic acid groups (broad SMARTS) is 2. The van der Waals surface area contributed by atoms with Crippen LogP contribution in [-0.2, 0) is 22.4 Å². The summed E-state index contributed by atoms with van der Waals surface area (Å²) in [4.78, 5) is 21.9. The van der Waals surface area contributed by atoms with Crippen molar-refractivity contribution in [2.24, 2.45) is 5.73 Å². The van der Waals surface area contributed by atoms with Crippen molar-refractivity contribution >= 4 is 11.9 Å². The van der Waals surface area contributed by atoms with Gasteiger partial charge in [-0.05, 0) is 48.9 Å². The zero-order valence-electron chi connectivity index (χ0n) is 15.1. The average Bonchev–Trinajstić information content (AvgIpc) is 2.65. The van der Waals surface area contributed by atoms with Crippen molar-refractivity contribution in [2.75, 3.05) is 0 Å². The van der Waals surface area contributed by atoms with E-state index in [0.29, 0.717) is 5.75 Å². The van der Waals surface area contributed by atoms with E-state index in [1.165, 1.54) is 5.56 Å². The third kappa shape index (κ3) is 7.11. The molecule has 2 aromatic carbocycles. The Morgan fingerprint density at radius 2 is 1.44 bits per heavy atom. The molecule has 4 N–H and O–H groups in total. The largest absolute Gasteiger partial charge is 0.488 e. The highest BCUT2D eigenvalue weighted by atomic mass is 16.5. The standard InChI is InChI=1S/C21H25NO5/c22-20(21(25)26)18(14-19(23)24)27-17-12-10-16(11-13-17)9-5-4-8-15-6-2-1-3-7-15/h1-3,6-7,10-13,18,20H,4-5,8-9,14,22H2,(H,23,24)(H,25,26)/t18?,20-/m0/s1. The van der Waals surface area contributed by atoms with Crippen LogP contribution in [0, 0.1) is 0 Å². The normalized spacial score (nSPS) is 12.9. The molecule has 2 atom stereocenters. The van der Waals surface area contributed by atoms with Gasteiger partial charge in [0.1, 0.15) is 17.9 Å². The molecule has 6 nitrogen and oxygen atoms in total. The SMILES string of the molecule is N[C@H](C(=O)O)C(CC(=O)O)Oc1ccc(CCCCc2ccccc2)cc1. The first kappa shape index (κ1) is 20.5. The molecule has 0 fully saturated rings. The molecule has 0 spiro atoms. The number of unbranched alkanes of at least 4 members (excludes halogenated alkanes) is 1. The average molecular weight is 371 g/mol. The zero-order valence-corrected chi connectivity index (χ0v) is 15.1. The molecule has 0 amide bonds. The lowest BCUT2D eigenvalue weighted by atomic mass is 10.0. The van der Waals surface area contributed by atoms with Crippen molar-refractivity contribution in [1.82, 2.24) is 0 Å². The maximum Gasteiger partial charge on any atom is 0.324 e. The fraction of sp³-hybridized carbons (Fsp3) is 0.333. The summed E-state index contributed by atoms with van der Waals surface area (Å²) in [7, 11) is 0. The minimum Gasteiger partial charge on any atom is -0.488 e. The predicted molar refractivity (Wildman–Crippen MR) is 102 cm³/mol. The topological polar surface area (TPSA) is 110 Å². The van der Waals surface area contributed by atoms with Gasteiger partial charge in [0.25, 0.3) is 0 Å². The van der Waals surface area contributed by atoms with Crippen molar-refractivity contribution in [1.29, 1.82) is 0 Å². The maximum absolute atomic E-state index is 11.0. The van der Waals surface area contributed by atoms with Gasteiger partial charge in [0, 0.05) is 0 Å². The lowest BCUT2D eigenvalue weighted by Gasteiger charge is -2.21. The van der Waals surface area contributed by atoms with Gasteiger partial charge in [-0.3, -0.25) is 9.59 Å². The number of rotatable bonds is 11. The molecule has 0 heterocycles. The van der Waals surface area contributed by atoms with Crippen LogP contribution in [0.2, 0.25) is 0 Å². The van der Waals surface area contributed by atoms with Crippen molar-refractivity contribution < 1.29 is 24.5 Å². The minimum absolute atomic E-state index is 0.408. The lowest BCUT2D eigenvalue weighted by Crippen LogP contribution is -2.46. The first-order valence-electron chi connectivity index (χ1n) is 8.95. The highest BCUT2D eigenvalue weighted by Gasteiger charge is 2.28. The summed E-state index contributed by atoms with van der Waals surface area (Å²) in [6.07, 6.45) is 2.52. The molecule has 0 aliphatic heterocycles. The van der Waals surface area contributed by atoms with Crippen LogP contribution in [0.3, 0.4) is 0 Å². The molecular weight excluding hydrogens is 346 g/mol. The second kappa shape index (κ2) is 10.3. The summed E-state index contributed by atoms with van der Waals surface area (Å²) >= 11 is 0. The molecular formula is C21H25NO5. The molecule has 0 radical (unpaired) electrons. The lowest BCUT2D eigenvalue weighted by molar-refractivity contribution is -0.143. The fourth-order valence-corrected chi connectivity index (χ4v) is 2.79. The molecule has 0 bridgehead atoms. The molecule has 0 aliphatic rings. The molecule has 27 heavy (non-hydrogen) atoms. The number of benzene rings is 2. The molecule has 2 rings (SSSR count). The zero-order chi connectivity index (χ0) is 19.6. The Morgan fingerprint density at radius 3 is 1.96 bits per heavy atom. The second-order valence-corrected chi connectivity index (χ2v) is 6.45. The van der Waals surface area contributed by atoms with Gasteiger partial charge in [-0.2, -0.15) is 0 Å². The van der Waals surface area contributed by atoms with E-state index in [9.17, 15) is 9.59 Å². The van der Waals surface area contributed by atoms with E-state index >= 15 is 0 Å². The Bertz CT molecular complexity index is 730. The van der Waals surface area contributed by atoms with Crippen LogP contribution in [0.25, 0.3) is 0 Å². The van der Waals surface area contributed by atoms with Crippen molar-refractivity contribution in [3.63, 3.8) is 0 Å². The van der Waals surface area contributed by atoms with Gasteiger partial charge in [0.05, 0.1) is 6.42 Å². The summed E-state index contributed by atoms with van der Waals surface area (Å²) in [5, 5.41) is 17.9. The van der Waals surface area contributed by atoms with Crippen LogP contribution in [-0.4, -0.2) is 34.3 Å². The van der Waals surface area contributed by atoms with Crippen LogP contribution in [0.1, 0.15) is 30.4 Å². The number of ether oxygens (including phenoxy) is 1. The molecule has 0 aromatic heterocycles. The summed E-state index contributed by atoms with van der Waals surface area (Å²) in [6, 6.07) is 16.2. The van der Waals surface area contributed by atoms with Crippen molar-refractivity contribution in [2.45, 2.75) is 44.2 Å². The summed E-state index contributed by atoms with van der Waals surface area (Å²) < 4.78 is 5.50. The number of hydrogen-bond donors (Lipinski definition) is 3. The second-order valence-electron chi connectivity index (χ2n) is 6.45. The first-order chi connectivity index (χ1) is 13.0. The van der Waals surface area contributed by atoms with E-state index in [1.54, 1.807) is 12.1 Å². The first-order valence-corrected chi connectivity index (χ1v) is 8.95. The molecule has 144 valence electrons. The van der Waals surface area contributed by atoms with E-state index in [0.717, 1.165) is 31.2 Å². The van der Waals surface area contributed by atoms with Gasteiger partial charge in [-0.25, -0.2) is 0 Å². The van der Waals surface area contributed by atoms with Crippen LogP contribution in [0.4, 0.5) is 0 Å². The summed E-state index contributed by atoms with van der Waals surface area (Å²) in [6.45, 7) is 0. The monoisotopic (exact) mass is 371 g/mol. The molecule has 1 unspecified atom stereocenters. The molecule has 0 saturated carbocycles. The smallest absolute Gasteiger partial charge is 0.324 e. The number of hydrogen-bond acceptors (Lipinski definition) is 4. The van der Waals surface area contributed by atoms with Gasteiger partial charge < -0.3 is 20.7 Å². The number of aryl methyl sites for hydroxylation is 2. The van der Waals surface area contributed by atoms with Gasteiger partial charge in [-0.15, -0.1) is 0 Å². The number of carboxylic acids is 2. The summed E-state index contributed by atoms with van der Waals surface area (Å²) in [5.74, 6) is -2.05. The highest BCUT2D eigenvalue weighted by molar-refractivity contribution is 5.76. The van der Waals surface area contributed by atoms with E-state index < -0.39 is 30.5 Å². The molecule has 0 aliphatic carbocycles. The van der Waals surface area contributed by atoms with Gasteiger partial charge in [-0.1, -0.05) is 42.5 Å². The quantitative estimate of drug-likeness (QED) is 0.524. The van der Waals surface area contributed by atoms with Crippen LogP contribution in [0.15, 0.2) is 54.6 Å². The van der Waals surface area contributed by atoms with E-state index in [2.05, 4.69) is 12.1 Å². The van der Waals surface area contributed by atoms with Gasteiger partial charge in [0.2, 0.25) is 0 Å². The summed E-state index contributed by atoms with van der Waals surface area (Å²) in [5.41, 5.74) is 8.01. The van der Waals surface area contributed by atoms with E-state index in [-0.39, 0.29) is 0 Å². The van der Waals surface area contributed by atoms with E-state index in [4.69, 9.17) is 20.7 Å². The third-order valence-electron chi connectivity index (χ3n) is 4.30. The van der Waals surface area contributed by atoms with Crippen LogP contribution >= 0.6 is 0 Å². The Labute approximate surface area is 158 Å². The fourth-order valence-electron chi connectivity index (χ4n) is 2.79. The minimum atomic E-state index is -1.40. The third-order valence-corrected chi connectivity index (χ3v) is 4.30.